The third-order valence-corrected chi connectivity index (χ3v) is 3.58. The zero-order valence-electron chi connectivity index (χ0n) is 9.86. The molecule has 1 aliphatic rings. The van der Waals surface area contributed by atoms with E-state index in [-0.39, 0.29) is 18.3 Å². The first-order valence-electron chi connectivity index (χ1n) is 5.76. The van der Waals surface area contributed by atoms with Crippen molar-refractivity contribution in [1.82, 2.24) is 0 Å². The summed E-state index contributed by atoms with van der Waals surface area (Å²) in [5, 5.41) is 2.75. The Bertz CT molecular complexity index is 645. The number of benzene rings is 2. The van der Waals surface area contributed by atoms with Crippen molar-refractivity contribution in [1.29, 1.82) is 0 Å². The molecule has 0 unspecified atom stereocenters. The molecule has 2 aromatic carbocycles. The lowest BCUT2D eigenvalue weighted by molar-refractivity contribution is -0.115. The Morgan fingerprint density at radius 3 is 2.68 bits per heavy atom. The van der Waals surface area contributed by atoms with Gasteiger partial charge in [-0.3, -0.25) is 4.79 Å². The van der Waals surface area contributed by atoms with E-state index in [1.165, 1.54) is 6.07 Å². The van der Waals surface area contributed by atoms with Gasteiger partial charge < -0.3 is 10.2 Å². The van der Waals surface area contributed by atoms with Crippen molar-refractivity contribution < 1.29 is 9.18 Å². The maximum absolute atomic E-state index is 13.7. The molecule has 0 radical (unpaired) electrons. The summed E-state index contributed by atoms with van der Waals surface area (Å²) in [6.07, 6.45) is 0. The molecule has 3 rings (SSSR count). The number of anilines is 3. The minimum atomic E-state index is -0.351. The van der Waals surface area contributed by atoms with Crippen LogP contribution in [0.5, 0.6) is 0 Å². The first kappa shape index (κ1) is 12.2. The van der Waals surface area contributed by atoms with Crippen LogP contribution in [0.2, 0.25) is 0 Å². The second kappa shape index (κ2) is 4.66. The summed E-state index contributed by atoms with van der Waals surface area (Å²) in [6, 6.07) is 12.5. The number of hydrogen-bond donors (Lipinski definition) is 1. The molecule has 19 heavy (non-hydrogen) atoms. The van der Waals surface area contributed by atoms with Crippen molar-refractivity contribution in [3.63, 3.8) is 0 Å². The zero-order chi connectivity index (χ0) is 13.4. The lowest BCUT2D eigenvalue weighted by atomic mass is 10.1. The van der Waals surface area contributed by atoms with Crippen molar-refractivity contribution in [3.8, 4) is 0 Å². The highest BCUT2D eigenvalue weighted by Crippen LogP contribution is 2.37. The molecular formula is C14H10BrFN2O. The van der Waals surface area contributed by atoms with E-state index in [1.807, 2.05) is 30.3 Å². The Morgan fingerprint density at radius 2 is 1.95 bits per heavy atom. The van der Waals surface area contributed by atoms with Crippen LogP contribution >= 0.6 is 15.9 Å². The number of carbonyl (C=O) groups is 1. The van der Waals surface area contributed by atoms with Gasteiger partial charge in [0.1, 0.15) is 12.4 Å². The molecule has 0 saturated heterocycles. The van der Waals surface area contributed by atoms with Gasteiger partial charge in [-0.25, -0.2) is 4.39 Å². The van der Waals surface area contributed by atoms with Crippen LogP contribution in [0.1, 0.15) is 0 Å². The Hall–Kier alpha value is -1.88. The van der Waals surface area contributed by atoms with Gasteiger partial charge in [-0.05, 0) is 34.1 Å². The van der Waals surface area contributed by atoms with Crippen LogP contribution in [0.15, 0.2) is 46.9 Å². The van der Waals surface area contributed by atoms with Gasteiger partial charge >= 0.3 is 0 Å². The van der Waals surface area contributed by atoms with Crippen LogP contribution in [-0.2, 0) is 4.79 Å². The van der Waals surface area contributed by atoms with Crippen LogP contribution in [0.4, 0.5) is 21.5 Å². The van der Waals surface area contributed by atoms with Crippen LogP contribution in [-0.4, -0.2) is 12.5 Å². The SMILES string of the molecule is O=C1CN(c2ccccc2)c2cc(F)c(Br)cc2N1. The monoisotopic (exact) mass is 320 g/mol. The van der Waals surface area contributed by atoms with E-state index >= 15 is 0 Å². The van der Waals surface area contributed by atoms with Crippen LogP contribution < -0.4 is 10.2 Å². The third-order valence-electron chi connectivity index (χ3n) is 2.97. The van der Waals surface area contributed by atoms with E-state index in [0.717, 1.165) is 5.69 Å². The second-order valence-electron chi connectivity index (χ2n) is 4.25. The molecule has 96 valence electrons. The predicted molar refractivity (Wildman–Crippen MR) is 76.2 cm³/mol. The fourth-order valence-electron chi connectivity index (χ4n) is 2.12. The quantitative estimate of drug-likeness (QED) is 0.869. The molecule has 0 saturated carbocycles. The minimum absolute atomic E-state index is 0.116. The fraction of sp³-hybridized carbons (Fsp3) is 0.0714. The summed E-state index contributed by atoms with van der Waals surface area (Å²) in [7, 11) is 0. The number of halogens is 2. The highest BCUT2D eigenvalue weighted by molar-refractivity contribution is 9.10. The smallest absolute Gasteiger partial charge is 0.244 e. The summed E-state index contributed by atoms with van der Waals surface area (Å²) in [5.74, 6) is -0.467. The second-order valence-corrected chi connectivity index (χ2v) is 5.11. The van der Waals surface area contributed by atoms with E-state index < -0.39 is 0 Å². The Morgan fingerprint density at radius 1 is 1.21 bits per heavy atom. The fourth-order valence-corrected chi connectivity index (χ4v) is 2.46. The molecule has 0 atom stereocenters. The normalized spacial score (nSPS) is 14.0. The summed E-state index contributed by atoms with van der Waals surface area (Å²) in [5.41, 5.74) is 2.13. The number of amides is 1. The standard InChI is InChI=1S/C14H10BrFN2O/c15-10-6-12-13(7-11(10)16)18(8-14(19)17-12)9-4-2-1-3-5-9/h1-7H,8H2,(H,17,19). The van der Waals surface area contributed by atoms with Crippen LogP contribution in [0.3, 0.4) is 0 Å². The molecule has 3 nitrogen and oxygen atoms in total. The van der Waals surface area contributed by atoms with E-state index in [1.54, 1.807) is 11.0 Å². The summed E-state index contributed by atoms with van der Waals surface area (Å²) >= 11 is 3.13. The molecule has 0 fully saturated rings. The van der Waals surface area contributed by atoms with Gasteiger partial charge in [0.15, 0.2) is 0 Å². The van der Waals surface area contributed by atoms with Gasteiger partial charge in [0, 0.05) is 11.8 Å². The molecule has 0 bridgehead atoms. The van der Waals surface area contributed by atoms with Crippen LogP contribution in [0.25, 0.3) is 0 Å². The molecule has 1 N–H and O–H groups in total. The number of fused-ring (bicyclic) bond motifs is 1. The van der Waals surface area contributed by atoms with E-state index in [9.17, 15) is 9.18 Å². The van der Waals surface area contributed by atoms with Crippen molar-refractivity contribution in [2.75, 3.05) is 16.8 Å². The molecule has 0 aliphatic carbocycles. The average molecular weight is 321 g/mol. The van der Waals surface area contributed by atoms with E-state index in [4.69, 9.17) is 0 Å². The summed E-state index contributed by atoms with van der Waals surface area (Å²) < 4.78 is 14.0. The number of nitrogens with zero attached hydrogens (tertiary/aromatic N) is 1. The Labute approximate surface area is 118 Å². The maximum Gasteiger partial charge on any atom is 0.244 e. The first-order chi connectivity index (χ1) is 9.15. The molecule has 1 aliphatic heterocycles. The minimum Gasteiger partial charge on any atom is -0.330 e. The van der Waals surface area contributed by atoms with Gasteiger partial charge in [0.05, 0.1) is 15.8 Å². The molecule has 0 spiro atoms. The highest BCUT2D eigenvalue weighted by Gasteiger charge is 2.24. The van der Waals surface area contributed by atoms with Crippen molar-refractivity contribution in [3.05, 3.63) is 52.8 Å². The summed E-state index contributed by atoms with van der Waals surface area (Å²) in [4.78, 5) is 13.5. The van der Waals surface area contributed by atoms with E-state index in [0.29, 0.717) is 15.8 Å². The Balaban J connectivity index is 2.14. The Kier molecular flexibility index (Phi) is 2.98. The number of para-hydroxylation sites is 1. The van der Waals surface area contributed by atoms with Gasteiger partial charge in [-0.1, -0.05) is 18.2 Å². The zero-order valence-corrected chi connectivity index (χ0v) is 11.4. The molecular weight excluding hydrogens is 311 g/mol. The largest absolute Gasteiger partial charge is 0.330 e. The molecule has 1 heterocycles. The molecule has 5 heteroatoms. The average Bonchev–Trinajstić information content (AvgIpc) is 2.41. The van der Waals surface area contributed by atoms with Crippen molar-refractivity contribution in [2.45, 2.75) is 0 Å². The van der Waals surface area contributed by atoms with Crippen molar-refractivity contribution >= 4 is 38.9 Å². The van der Waals surface area contributed by atoms with Gasteiger partial charge in [-0.15, -0.1) is 0 Å². The van der Waals surface area contributed by atoms with Gasteiger partial charge in [-0.2, -0.15) is 0 Å². The molecule has 1 amide bonds. The number of carbonyl (C=O) groups excluding carboxylic acids is 1. The number of rotatable bonds is 1. The van der Waals surface area contributed by atoms with Gasteiger partial charge in [0.2, 0.25) is 5.91 Å². The third kappa shape index (κ3) is 2.21. The maximum atomic E-state index is 13.7. The molecule has 0 aromatic heterocycles. The summed E-state index contributed by atoms with van der Waals surface area (Å²) in [6.45, 7) is 0.179. The molecule has 2 aromatic rings. The lowest BCUT2D eigenvalue weighted by Crippen LogP contribution is -2.35. The highest BCUT2D eigenvalue weighted by atomic mass is 79.9. The predicted octanol–water partition coefficient (Wildman–Crippen LogP) is 3.68. The number of nitrogens with one attached hydrogen (secondary N) is 1. The topological polar surface area (TPSA) is 32.3 Å². The first-order valence-corrected chi connectivity index (χ1v) is 6.56. The number of hydrogen-bond acceptors (Lipinski definition) is 2. The van der Waals surface area contributed by atoms with Crippen LogP contribution in [0, 0.1) is 5.82 Å². The van der Waals surface area contributed by atoms with Gasteiger partial charge in [0.25, 0.3) is 0 Å². The van der Waals surface area contributed by atoms with Crippen molar-refractivity contribution in [2.24, 2.45) is 0 Å². The lowest BCUT2D eigenvalue weighted by Gasteiger charge is -2.31. The van der Waals surface area contributed by atoms with E-state index in [2.05, 4.69) is 21.2 Å².